The number of nitrogens with zero attached hydrogens (tertiary/aromatic N) is 2. The number of aryl methyl sites for hydroxylation is 1. The smallest absolute Gasteiger partial charge is 0.310 e. The van der Waals surface area contributed by atoms with E-state index in [0.717, 1.165) is 0 Å². The molecule has 6 heteroatoms. The largest absolute Gasteiger partial charge is 0.466 e. The maximum absolute atomic E-state index is 11.7. The van der Waals surface area contributed by atoms with Crippen LogP contribution in [0.2, 0.25) is 0 Å². The standard InChI is InChI=1S/C11H17N3O3/c1-4-17-11(16)8(2)7-13-10(15)9-12-5-6-14(9)3/h5-6,8H,4,7H2,1-3H3,(H,13,15)/t8-/m1/s1. The van der Waals surface area contributed by atoms with Crippen molar-refractivity contribution in [3.8, 4) is 0 Å². The molecule has 0 radical (unpaired) electrons. The number of aromatic nitrogens is 2. The van der Waals surface area contributed by atoms with E-state index in [-0.39, 0.29) is 24.3 Å². The number of nitrogens with one attached hydrogen (secondary N) is 1. The van der Waals surface area contributed by atoms with E-state index in [4.69, 9.17) is 4.74 Å². The van der Waals surface area contributed by atoms with Crippen LogP contribution in [0, 0.1) is 5.92 Å². The van der Waals surface area contributed by atoms with Crippen molar-refractivity contribution in [2.75, 3.05) is 13.2 Å². The van der Waals surface area contributed by atoms with Gasteiger partial charge in [0, 0.05) is 26.0 Å². The summed E-state index contributed by atoms with van der Waals surface area (Å²) >= 11 is 0. The number of ether oxygens (including phenoxy) is 1. The minimum Gasteiger partial charge on any atom is -0.466 e. The van der Waals surface area contributed by atoms with Gasteiger partial charge in [-0.1, -0.05) is 6.92 Å². The predicted molar refractivity (Wildman–Crippen MR) is 61.3 cm³/mol. The third-order valence-electron chi connectivity index (χ3n) is 2.28. The molecule has 0 unspecified atom stereocenters. The summed E-state index contributed by atoms with van der Waals surface area (Å²) in [5.74, 6) is -0.651. The van der Waals surface area contributed by atoms with Crippen LogP contribution < -0.4 is 5.32 Å². The monoisotopic (exact) mass is 239 g/mol. The molecule has 1 atom stereocenters. The highest BCUT2D eigenvalue weighted by molar-refractivity contribution is 5.91. The summed E-state index contributed by atoms with van der Waals surface area (Å²) in [5, 5.41) is 2.64. The summed E-state index contributed by atoms with van der Waals surface area (Å²) in [5.41, 5.74) is 0. The van der Waals surface area contributed by atoms with Crippen LogP contribution in [0.5, 0.6) is 0 Å². The Bertz CT molecular complexity index is 400. The van der Waals surface area contributed by atoms with Gasteiger partial charge in [0.15, 0.2) is 5.82 Å². The number of carbonyl (C=O) groups is 2. The third kappa shape index (κ3) is 3.58. The molecule has 1 rings (SSSR count). The first-order valence-electron chi connectivity index (χ1n) is 5.48. The average molecular weight is 239 g/mol. The summed E-state index contributed by atoms with van der Waals surface area (Å²) in [6, 6.07) is 0. The van der Waals surface area contributed by atoms with Crippen molar-refractivity contribution in [2.45, 2.75) is 13.8 Å². The van der Waals surface area contributed by atoms with Gasteiger partial charge in [0.25, 0.3) is 5.91 Å². The highest BCUT2D eigenvalue weighted by Crippen LogP contribution is 1.98. The highest BCUT2D eigenvalue weighted by atomic mass is 16.5. The quantitative estimate of drug-likeness (QED) is 0.752. The molecule has 1 N–H and O–H groups in total. The van der Waals surface area contributed by atoms with Gasteiger partial charge < -0.3 is 14.6 Å². The van der Waals surface area contributed by atoms with E-state index in [1.165, 1.54) is 0 Å². The molecule has 0 fully saturated rings. The number of hydrogen-bond donors (Lipinski definition) is 1. The normalized spacial score (nSPS) is 11.9. The number of amides is 1. The summed E-state index contributed by atoms with van der Waals surface area (Å²) < 4.78 is 6.45. The molecule has 0 aliphatic carbocycles. The van der Waals surface area contributed by atoms with E-state index in [1.807, 2.05) is 0 Å². The molecule has 1 aromatic heterocycles. The van der Waals surface area contributed by atoms with Gasteiger partial charge in [0.05, 0.1) is 12.5 Å². The van der Waals surface area contributed by atoms with Crippen molar-refractivity contribution in [2.24, 2.45) is 13.0 Å². The first-order chi connectivity index (χ1) is 8.06. The Morgan fingerprint density at radius 3 is 2.82 bits per heavy atom. The maximum Gasteiger partial charge on any atom is 0.310 e. The molecule has 17 heavy (non-hydrogen) atoms. The lowest BCUT2D eigenvalue weighted by molar-refractivity contribution is -0.147. The molecule has 0 bridgehead atoms. The number of esters is 1. The Hall–Kier alpha value is -1.85. The van der Waals surface area contributed by atoms with Crippen molar-refractivity contribution in [3.05, 3.63) is 18.2 Å². The van der Waals surface area contributed by atoms with Crippen molar-refractivity contribution in [1.82, 2.24) is 14.9 Å². The average Bonchev–Trinajstić information content (AvgIpc) is 2.72. The molecule has 0 aliphatic heterocycles. The fourth-order valence-electron chi connectivity index (χ4n) is 1.28. The van der Waals surface area contributed by atoms with Gasteiger partial charge in [-0.3, -0.25) is 9.59 Å². The SMILES string of the molecule is CCOC(=O)[C@H](C)CNC(=O)c1nccn1C. The maximum atomic E-state index is 11.7. The summed E-state index contributed by atoms with van der Waals surface area (Å²) in [7, 11) is 1.73. The minimum absolute atomic E-state index is 0.241. The summed E-state index contributed by atoms with van der Waals surface area (Å²) in [6.45, 7) is 4.04. The Labute approximate surface area is 100.0 Å². The Morgan fingerprint density at radius 1 is 1.59 bits per heavy atom. The van der Waals surface area contributed by atoms with Crippen molar-refractivity contribution >= 4 is 11.9 Å². The Morgan fingerprint density at radius 2 is 2.29 bits per heavy atom. The van der Waals surface area contributed by atoms with E-state index in [0.29, 0.717) is 12.4 Å². The van der Waals surface area contributed by atoms with Gasteiger partial charge in [-0.25, -0.2) is 4.98 Å². The van der Waals surface area contributed by atoms with E-state index in [9.17, 15) is 9.59 Å². The Kier molecular flexibility index (Phi) is 4.68. The topological polar surface area (TPSA) is 73.2 Å². The number of carbonyl (C=O) groups excluding carboxylic acids is 2. The van der Waals surface area contributed by atoms with Crippen molar-refractivity contribution in [1.29, 1.82) is 0 Å². The second kappa shape index (κ2) is 6.03. The third-order valence-corrected chi connectivity index (χ3v) is 2.28. The van der Waals surface area contributed by atoms with E-state index in [2.05, 4.69) is 10.3 Å². The van der Waals surface area contributed by atoms with Gasteiger partial charge in [-0.05, 0) is 6.92 Å². The van der Waals surface area contributed by atoms with Crippen LogP contribution in [0.3, 0.4) is 0 Å². The van der Waals surface area contributed by atoms with Gasteiger partial charge in [0.2, 0.25) is 0 Å². The summed E-state index contributed by atoms with van der Waals surface area (Å²) in [4.78, 5) is 26.9. The van der Waals surface area contributed by atoms with Crippen LogP contribution in [0.15, 0.2) is 12.4 Å². The molecule has 0 aliphatic rings. The fraction of sp³-hybridized carbons (Fsp3) is 0.545. The van der Waals surface area contributed by atoms with Crippen LogP contribution in [-0.2, 0) is 16.6 Å². The lowest BCUT2D eigenvalue weighted by Crippen LogP contribution is -2.33. The molecule has 1 aromatic rings. The zero-order chi connectivity index (χ0) is 12.8. The summed E-state index contributed by atoms with van der Waals surface area (Å²) in [6.07, 6.45) is 3.23. The molecular formula is C11H17N3O3. The second-order valence-electron chi connectivity index (χ2n) is 3.72. The van der Waals surface area contributed by atoms with E-state index >= 15 is 0 Å². The van der Waals surface area contributed by atoms with Crippen LogP contribution in [0.1, 0.15) is 24.5 Å². The molecule has 0 saturated carbocycles. The number of imidazole rings is 1. The van der Waals surface area contributed by atoms with Crippen LogP contribution in [0.25, 0.3) is 0 Å². The van der Waals surface area contributed by atoms with E-state index in [1.54, 1.807) is 37.9 Å². The zero-order valence-electron chi connectivity index (χ0n) is 10.3. The van der Waals surface area contributed by atoms with Crippen LogP contribution in [-0.4, -0.2) is 34.6 Å². The van der Waals surface area contributed by atoms with Gasteiger partial charge in [0.1, 0.15) is 0 Å². The van der Waals surface area contributed by atoms with Crippen molar-refractivity contribution < 1.29 is 14.3 Å². The van der Waals surface area contributed by atoms with Crippen LogP contribution >= 0.6 is 0 Å². The number of rotatable bonds is 5. The predicted octanol–water partition coefficient (Wildman–Crippen LogP) is 0.349. The first kappa shape index (κ1) is 13.2. The first-order valence-corrected chi connectivity index (χ1v) is 5.48. The molecule has 0 saturated heterocycles. The minimum atomic E-state index is -0.362. The van der Waals surface area contributed by atoms with Crippen LogP contribution in [0.4, 0.5) is 0 Å². The molecule has 6 nitrogen and oxygen atoms in total. The van der Waals surface area contributed by atoms with Gasteiger partial charge in [-0.2, -0.15) is 0 Å². The van der Waals surface area contributed by atoms with Gasteiger partial charge in [-0.15, -0.1) is 0 Å². The lowest BCUT2D eigenvalue weighted by Gasteiger charge is -2.11. The lowest BCUT2D eigenvalue weighted by atomic mass is 10.2. The van der Waals surface area contributed by atoms with Crippen molar-refractivity contribution in [3.63, 3.8) is 0 Å². The van der Waals surface area contributed by atoms with E-state index < -0.39 is 0 Å². The molecule has 1 amide bonds. The fourth-order valence-corrected chi connectivity index (χ4v) is 1.28. The second-order valence-corrected chi connectivity index (χ2v) is 3.72. The highest BCUT2D eigenvalue weighted by Gasteiger charge is 2.17. The Balaban J connectivity index is 2.44. The molecule has 1 heterocycles. The number of hydrogen-bond acceptors (Lipinski definition) is 4. The molecule has 0 spiro atoms. The zero-order valence-corrected chi connectivity index (χ0v) is 10.3. The molecule has 94 valence electrons. The molecular weight excluding hydrogens is 222 g/mol. The van der Waals surface area contributed by atoms with Gasteiger partial charge >= 0.3 is 5.97 Å². The molecule has 0 aromatic carbocycles.